The lowest BCUT2D eigenvalue weighted by Crippen LogP contribution is -2.49. The van der Waals surface area contributed by atoms with Crippen molar-refractivity contribution < 1.29 is 0 Å². The summed E-state index contributed by atoms with van der Waals surface area (Å²) in [5.41, 5.74) is 1.04. The molecule has 0 saturated carbocycles. The normalized spacial score (nSPS) is 30.5. The molecule has 1 spiro atoms. The largest absolute Gasteiger partial charge is 0.303 e. The molecule has 24 heavy (non-hydrogen) atoms. The van der Waals surface area contributed by atoms with E-state index in [1.54, 1.807) is 0 Å². The van der Waals surface area contributed by atoms with Gasteiger partial charge in [-0.3, -0.25) is 4.90 Å². The summed E-state index contributed by atoms with van der Waals surface area (Å²) in [6.45, 7) is 21.1. The Morgan fingerprint density at radius 1 is 0.917 bits per heavy atom. The zero-order valence-corrected chi connectivity index (χ0v) is 17.0. The van der Waals surface area contributed by atoms with Crippen molar-refractivity contribution in [3.63, 3.8) is 0 Å². The van der Waals surface area contributed by atoms with E-state index in [0.717, 1.165) is 12.0 Å². The van der Waals surface area contributed by atoms with Crippen molar-refractivity contribution in [2.45, 2.75) is 78.3 Å². The van der Waals surface area contributed by atoms with E-state index in [1.165, 1.54) is 77.9 Å². The molecule has 140 valence electrons. The van der Waals surface area contributed by atoms with E-state index in [2.05, 4.69) is 49.3 Å². The summed E-state index contributed by atoms with van der Waals surface area (Å²) in [6, 6.07) is 0.732. The van der Waals surface area contributed by atoms with Gasteiger partial charge >= 0.3 is 0 Å². The van der Waals surface area contributed by atoms with E-state index in [4.69, 9.17) is 0 Å². The smallest absolute Gasteiger partial charge is 0.0125 e. The minimum atomic E-state index is 0.352. The van der Waals surface area contributed by atoms with Crippen LogP contribution >= 0.6 is 0 Å². The van der Waals surface area contributed by atoms with E-state index in [1.807, 2.05) is 0 Å². The molecule has 0 bridgehead atoms. The van der Waals surface area contributed by atoms with Crippen LogP contribution in [0.3, 0.4) is 0 Å². The maximum atomic E-state index is 2.79. The van der Waals surface area contributed by atoms with Crippen molar-refractivity contribution in [3.8, 4) is 0 Å². The Hall–Kier alpha value is -0.120. The van der Waals surface area contributed by atoms with Gasteiger partial charge < -0.3 is 9.80 Å². The van der Waals surface area contributed by atoms with Crippen LogP contribution in [0.2, 0.25) is 0 Å². The zero-order chi connectivity index (χ0) is 17.4. The number of hydrogen-bond donors (Lipinski definition) is 0. The molecule has 1 unspecified atom stereocenters. The Bertz CT molecular complexity index is 394. The van der Waals surface area contributed by atoms with Gasteiger partial charge in [-0.2, -0.15) is 0 Å². The molecule has 0 amide bonds. The molecule has 3 aliphatic rings. The predicted molar refractivity (Wildman–Crippen MR) is 103 cm³/mol. The minimum Gasteiger partial charge on any atom is -0.303 e. The zero-order valence-electron chi connectivity index (χ0n) is 17.0. The SMILES string of the molecule is CC(C)N1CCC2(CCN(CC3CCN(C(C)(C)C)C3)CC2)CC1. The Morgan fingerprint density at radius 3 is 2.00 bits per heavy atom. The molecule has 0 aliphatic carbocycles. The highest BCUT2D eigenvalue weighted by Gasteiger charge is 2.39. The first-order chi connectivity index (χ1) is 11.3. The third kappa shape index (κ3) is 4.34. The molecule has 3 heteroatoms. The molecule has 3 nitrogen and oxygen atoms in total. The maximum Gasteiger partial charge on any atom is 0.0125 e. The molecule has 0 radical (unpaired) electrons. The summed E-state index contributed by atoms with van der Waals surface area (Å²) in [6.07, 6.45) is 7.20. The number of hydrogen-bond acceptors (Lipinski definition) is 3. The molecule has 1 atom stereocenters. The molecule has 3 saturated heterocycles. The first-order valence-corrected chi connectivity index (χ1v) is 10.5. The standard InChI is InChI=1S/C21H41N3/c1-18(2)23-14-9-21(10-15-23)7-12-22(13-8-21)16-19-6-11-24(17-19)20(3,4)5/h18-19H,6-17H2,1-5H3. The molecule has 0 N–H and O–H groups in total. The summed E-state index contributed by atoms with van der Waals surface area (Å²) in [5.74, 6) is 0.904. The Balaban J connectivity index is 1.42. The molecular formula is C21H41N3. The van der Waals surface area contributed by atoms with Gasteiger partial charge in [0, 0.05) is 24.7 Å². The fraction of sp³-hybridized carbons (Fsp3) is 1.00. The lowest BCUT2D eigenvalue weighted by atomic mass is 9.71. The Kier molecular flexibility index (Phi) is 5.64. The first-order valence-electron chi connectivity index (χ1n) is 10.5. The lowest BCUT2D eigenvalue weighted by molar-refractivity contribution is 0.0209. The van der Waals surface area contributed by atoms with Gasteiger partial charge in [0.25, 0.3) is 0 Å². The van der Waals surface area contributed by atoms with Crippen LogP contribution in [0, 0.1) is 11.3 Å². The van der Waals surface area contributed by atoms with E-state index in [-0.39, 0.29) is 0 Å². The van der Waals surface area contributed by atoms with Gasteiger partial charge in [0.1, 0.15) is 0 Å². The van der Waals surface area contributed by atoms with Gasteiger partial charge in [0.2, 0.25) is 0 Å². The van der Waals surface area contributed by atoms with E-state index in [9.17, 15) is 0 Å². The van der Waals surface area contributed by atoms with Gasteiger partial charge in [-0.15, -0.1) is 0 Å². The third-order valence-electron chi connectivity index (χ3n) is 7.26. The van der Waals surface area contributed by atoms with Gasteiger partial charge in [0.15, 0.2) is 0 Å². The highest BCUT2D eigenvalue weighted by atomic mass is 15.2. The molecule has 3 fully saturated rings. The van der Waals surface area contributed by atoms with Gasteiger partial charge in [-0.1, -0.05) is 0 Å². The van der Waals surface area contributed by atoms with Gasteiger partial charge in [-0.25, -0.2) is 0 Å². The van der Waals surface area contributed by atoms with Crippen LogP contribution < -0.4 is 0 Å². The summed E-state index contributed by atoms with van der Waals surface area (Å²) in [5, 5.41) is 0. The highest BCUT2D eigenvalue weighted by molar-refractivity contribution is 4.92. The van der Waals surface area contributed by atoms with Crippen LogP contribution in [0.1, 0.15) is 66.7 Å². The van der Waals surface area contributed by atoms with Crippen LogP contribution in [0.5, 0.6) is 0 Å². The second-order valence-electron chi connectivity index (χ2n) is 10.2. The van der Waals surface area contributed by atoms with E-state index >= 15 is 0 Å². The van der Waals surface area contributed by atoms with Gasteiger partial charge in [0.05, 0.1) is 0 Å². The van der Waals surface area contributed by atoms with Crippen LogP contribution in [0.15, 0.2) is 0 Å². The van der Waals surface area contributed by atoms with Crippen molar-refractivity contribution in [1.82, 2.24) is 14.7 Å². The summed E-state index contributed by atoms with van der Waals surface area (Å²) in [7, 11) is 0. The molecule has 3 rings (SSSR count). The molecule has 3 aliphatic heterocycles. The molecule has 0 aromatic carbocycles. The molecule has 3 heterocycles. The average molecular weight is 336 g/mol. The van der Waals surface area contributed by atoms with Crippen molar-refractivity contribution >= 4 is 0 Å². The highest BCUT2D eigenvalue weighted by Crippen LogP contribution is 2.41. The van der Waals surface area contributed by atoms with Crippen molar-refractivity contribution in [2.75, 3.05) is 45.8 Å². The van der Waals surface area contributed by atoms with Crippen LogP contribution in [-0.2, 0) is 0 Å². The van der Waals surface area contributed by atoms with Gasteiger partial charge in [-0.05, 0) is 111 Å². The summed E-state index contributed by atoms with van der Waals surface area (Å²) < 4.78 is 0. The monoisotopic (exact) mass is 335 g/mol. The van der Waals surface area contributed by atoms with E-state index in [0.29, 0.717) is 11.0 Å². The second kappa shape index (κ2) is 7.25. The second-order valence-corrected chi connectivity index (χ2v) is 10.2. The number of piperidine rings is 2. The summed E-state index contributed by atoms with van der Waals surface area (Å²) >= 11 is 0. The minimum absolute atomic E-state index is 0.352. The maximum absolute atomic E-state index is 2.79. The first kappa shape index (κ1) is 18.7. The molecule has 0 aromatic heterocycles. The fourth-order valence-electron chi connectivity index (χ4n) is 5.18. The van der Waals surface area contributed by atoms with Crippen LogP contribution in [-0.4, -0.2) is 72.1 Å². The van der Waals surface area contributed by atoms with Crippen LogP contribution in [0.25, 0.3) is 0 Å². The number of nitrogens with zero attached hydrogens (tertiary/aromatic N) is 3. The molecule has 0 aromatic rings. The Morgan fingerprint density at radius 2 is 1.50 bits per heavy atom. The average Bonchev–Trinajstić information content (AvgIpc) is 2.99. The molecular weight excluding hydrogens is 294 g/mol. The summed E-state index contributed by atoms with van der Waals surface area (Å²) in [4.78, 5) is 8.15. The number of likely N-dealkylation sites (tertiary alicyclic amines) is 3. The van der Waals surface area contributed by atoms with Crippen molar-refractivity contribution in [1.29, 1.82) is 0 Å². The number of rotatable bonds is 3. The quantitative estimate of drug-likeness (QED) is 0.779. The fourth-order valence-corrected chi connectivity index (χ4v) is 5.18. The van der Waals surface area contributed by atoms with Crippen LogP contribution in [0.4, 0.5) is 0 Å². The predicted octanol–water partition coefficient (Wildman–Crippen LogP) is 3.69. The Labute approximate surface area is 150 Å². The van der Waals surface area contributed by atoms with E-state index < -0.39 is 0 Å². The van der Waals surface area contributed by atoms with Crippen molar-refractivity contribution in [3.05, 3.63) is 0 Å². The topological polar surface area (TPSA) is 9.72 Å². The third-order valence-corrected chi connectivity index (χ3v) is 7.26. The lowest BCUT2D eigenvalue weighted by Gasteiger charge is -2.48. The van der Waals surface area contributed by atoms with Crippen molar-refractivity contribution in [2.24, 2.45) is 11.3 Å².